The van der Waals surface area contributed by atoms with Gasteiger partial charge in [-0.05, 0) is 49.6 Å². The molecule has 8 nitrogen and oxygen atoms in total. The van der Waals surface area contributed by atoms with Gasteiger partial charge in [-0.15, -0.1) is 0 Å². The first-order chi connectivity index (χ1) is 15.2. The summed E-state index contributed by atoms with van der Waals surface area (Å²) < 4.78 is 16.1. The van der Waals surface area contributed by atoms with Crippen molar-refractivity contribution in [1.82, 2.24) is 20.0 Å². The van der Waals surface area contributed by atoms with Crippen molar-refractivity contribution in [2.75, 3.05) is 20.8 Å². The molecule has 1 atom stereocenters. The second-order valence-electron chi connectivity index (χ2n) is 7.53. The highest BCUT2D eigenvalue weighted by Gasteiger charge is 2.29. The Labute approximate surface area is 181 Å². The van der Waals surface area contributed by atoms with Crippen LogP contribution in [0.5, 0.6) is 11.5 Å². The molecule has 162 valence electrons. The van der Waals surface area contributed by atoms with Gasteiger partial charge in [0.25, 0.3) is 5.89 Å². The van der Waals surface area contributed by atoms with E-state index in [0.29, 0.717) is 29.6 Å². The number of aromatic nitrogens is 3. The monoisotopic (exact) mass is 422 g/mol. The van der Waals surface area contributed by atoms with Crippen LogP contribution in [0.3, 0.4) is 0 Å². The molecule has 0 N–H and O–H groups in total. The van der Waals surface area contributed by atoms with Gasteiger partial charge in [0.05, 0.1) is 20.6 Å². The number of pyridine rings is 1. The lowest BCUT2D eigenvalue weighted by Gasteiger charge is -2.25. The molecule has 1 aromatic carbocycles. The molecule has 1 amide bonds. The predicted octanol–water partition coefficient (Wildman–Crippen LogP) is 3.32. The second-order valence-corrected chi connectivity index (χ2v) is 7.53. The van der Waals surface area contributed by atoms with Crippen LogP contribution in [-0.4, -0.2) is 52.7 Å². The Hall–Kier alpha value is -3.42. The third-order valence-electron chi connectivity index (χ3n) is 5.62. The molecular weight excluding hydrogens is 396 g/mol. The average molecular weight is 422 g/mol. The van der Waals surface area contributed by atoms with E-state index in [1.54, 1.807) is 26.6 Å². The Bertz CT molecular complexity index is 1020. The van der Waals surface area contributed by atoms with E-state index in [2.05, 4.69) is 15.1 Å². The van der Waals surface area contributed by atoms with Crippen LogP contribution in [0, 0.1) is 0 Å². The van der Waals surface area contributed by atoms with Crippen LogP contribution in [0.1, 0.15) is 30.7 Å². The number of carbonyl (C=O) groups excluding carboxylic acids is 1. The largest absolute Gasteiger partial charge is 0.497 e. The van der Waals surface area contributed by atoms with Gasteiger partial charge in [-0.3, -0.25) is 9.78 Å². The summed E-state index contributed by atoms with van der Waals surface area (Å²) in [7, 11) is 3.22. The topological polar surface area (TPSA) is 90.6 Å². The predicted molar refractivity (Wildman–Crippen MR) is 114 cm³/mol. The molecule has 1 saturated heterocycles. The number of hydrogen-bond acceptors (Lipinski definition) is 7. The Morgan fingerprint density at radius 3 is 2.81 bits per heavy atom. The van der Waals surface area contributed by atoms with Gasteiger partial charge in [0.2, 0.25) is 5.91 Å². The summed E-state index contributed by atoms with van der Waals surface area (Å²) in [6.07, 6.45) is 7.11. The van der Waals surface area contributed by atoms with Gasteiger partial charge in [-0.2, -0.15) is 4.98 Å². The Morgan fingerprint density at radius 1 is 1.19 bits per heavy atom. The quantitative estimate of drug-likeness (QED) is 0.550. The summed E-state index contributed by atoms with van der Waals surface area (Å²) in [4.78, 5) is 23.5. The summed E-state index contributed by atoms with van der Waals surface area (Å²) in [6.45, 7) is 0.768. The lowest BCUT2D eigenvalue weighted by molar-refractivity contribution is -0.131. The molecule has 8 heteroatoms. The summed E-state index contributed by atoms with van der Waals surface area (Å²) in [6, 6.07) is 9.37. The summed E-state index contributed by atoms with van der Waals surface area (Å²) in [5.74, 6) is 2.64. The Kier molecular flexibility index (Phi) is 6.45. The maximum atomic E-state index is 13.1. The number of likely N-dealkylation sites (tertiary alicyclic amines) is 1. The number of rotatable bonds is 8. The first-order valence-corrected chi connectivity index (χ1v) is 10.4. The van der Waals surface area contributed by atoms with E-state index in [9.17, 15) is 4.79 Å². The zero-order valence-corrected chi connectivity index (χ0v) is 17.8. The van der Waals surface area contributed by atoms with E-state index in [1.165, 1.54) is 0 Å². The second kappa shape index (κ2) is 9.59. The minimum Gasteiger partial charge on any atom is -0.497 e. The molecule has 3 heterocycles. The van der Waals surface area contributed by atoms with E-state index in [1.807, 2.05) is 35.2 Å². The first-order valence-electron chi connectivity index (χ1n) is 10.4. The average Bonchev–Trinajstić information content (AvgIpc) is 3.48. The van der Waals surface area contributed by atoms with E-state index in [-0.39, 0.29) is 18.4 Å². The highest BCUT2D eigenvalue weighted by Crippen LogP contribution is 2.27. The Balaban J connectivity index is 1.38. The summed E-state index contributed by atoms with van der Waals surface area (Å²) >= 11 is 0. The van der Waals surface area contributed by atoms with E-state index in [0.717, 1.165) is 36.9 Å². The van der Waals surface area contributed by atoms with Crippen LogP contribution in [0.2, 0.25) is 0 Å². The fraction of sp³-hybridized carbons (Fsp3) is 0.391. The van der Waals surface area contributed by atoms with Crippen molar-refractivity contribution in [2.24, 2.45) is 0 Å². The maximum absolute atomic E-state index is 13.1. The fourth-order valence-electron chi connectivity index (χ4n) is 4.01. The molecule has 0 spiro atoms. The molecule has 31 heavy (non-hydrogen) atoms. The van der Waals surface area contributed by atoms with Crippen molar-refractivity contribution in [2.45, 2.75) is 38.1 Å². The minimum absolute atomic E-state index is 0.0969. The van der Waals surface area contributed by atoms with Gasteiger partial charge in [-0.25, -0.2) is 0 Å². The lowest BCUT2D eigenvalue weighted by Crippen LogP contribution is -2.37. The van der Waals surface area contributed by atoms with Gasteiger partial charge in [0.1, 0.15) is 11.5 Å². The number of carbonyl (C=O) groups is 1. The summed E-state index contributed by atoms with van der Waals surface area (Å²) in [5.41, 5.74) is 1.68. The van der Waals surface area contributed by atoms with Crippen LogP contribution >= 0.6 is 0 Å². The molecule has 3 aromatic rings. The molecule has 4 rings (SSSR count). The number of benzene rings is 1. The third-order valence-corrected chi connectivity index (χ3v) is 5.62. The van der Waals surface area contributed by atoms with Crippen LogP contribution in [0.25, 0.3) is 11.5 Å². The molecule has 0 aliphatic carbocycles. The molecule has 0 radical (unpaired) electrons. The van der Waals surface area contributed by atoms with Crippen molar-refractivity contribution in [3.8, 4) is 23.0 Å². The Morgan fingerprint density at radius 2 is 2.03 bits per heavy atom. The van der Waals surface area contributed by atoms with Crippen molar-refractivity contribution >= 4 is 5.91 Å². The van der Waals surface area contributed by atoms with Crippen molar-refractivity contribution in [1.29, 1.82) is 0 Å². The van der Waals surface area contributed by atoms with Gasteiger partial charge in [0.15, 0.2) is 5.82 Å². The lowest BCUT2D eigenvalue weighted by atomic mass is 10.1. The van der Waals surface area contributed by atoms with Crippen molar-refractivity contribution in [3.05, 3.63) is 54.1 Å². The standard InChI is InChI=1S/C23H26N4O4/c1-29-19-6-7-20(30-2)17(14-19)15-22(28)27-13-3-4-18(27)5-8-21-25-23(31-26-21)16-9-11-24-12-10-16/h6-7,9-12,14,18H,3-5,8,13,15H2,1-2H3. The van der Waals surface area contributed by atoms with Crippen molar-refractivity contribution in [3.63, 3.8) is 0 Å². The molecular formula is C23H26N4O4. The van der Waals surface area contributed by atoms with Gasteiger partial charge >= 0.3 is 0 Å². The van der Waals surface area contributed by atoms with Crippen LogP contribution in [-0.2, 0) is 17.6 Å². The van der Waals surface area contributed by atoms with Crippen LogP contribution < -0.4 is 9.47 Å². The number of methoxy groups -OCH3 is 2. The molecule has 1 fully saturated rings. The zero-order valence-electron chi connectivity index (χ0n) is 17.8. The van der Waals surface area contributed by atoms with Gasteiger partial charge < -0.3 is 18.9 Å². The molecule has 2 aromatic heterocycles. The number of ether oxygens (including phenoxy) is 2. The number of aryl methyl sites for hydroxylation is 1. The smallest absolute Gasteiger partial charge is 0.258 e. The van der Waals surface area contributed by atoms with Gasteiger partial charge in [-0.1, -0.05) is 5.16 Å². The minimum atomic E-state index is 0.0969. The highest BCUT2D eigenvalue weighted by molar-refractivity contribution is 5.80. The SMILES string of the molecule is COc1ccc(OC)c(CC(=O)N2CCCC2CCc2noc(-c3ccncc3)n2)c1. The fourth-order valence-corrected chi connectivity index (χ4v) is 4.01. The third kappa shape index (κ3) is 4.84. The maximum Gasteiger partial charge on any atom is 0.258 e. The molecule has 1 unspecified atom stereocenters. The number of hydrogen-bond donors (Lipinski definition) is 0. The summed E-state index contributed by atoms with van der Waals surface area (Å²) in [5, 5.41) is 4.09. The molecule has 0 bridgehead atoms. The number of nitrogens with zero attached hydrogens (tertiary/aromatic N) is 4. The number of amides is 1. The van der Waals surface area contributed by atoms with E-state index in [4.69, 9.17) is 14.0 Å². The zero-order chi connectivity index (χ0) is 21.6. The molecule has 1 aliphatic heterocycles. The van der Waals surface area contributed by atoms with E-state index >= 15 is 0 Å². The van der Waals surface area contributed by atoms with Gasteiger partial charge in [0, 0.05) is 42.5 Å². The molecule has 0 saturated carbocycles. The van der Waals surface area contributed by atoms with Crippen molar-refractivity contribution < 1.29 is 18.8 Å². The molecule has 1 aliphatic rings. The van der Waals surface area contributed by atoms with E-state index < -0.39 is 0 Å². The van der Waals surface area contributed by atoms with Crippen LogP contribution in [0.4, 0.5) is 0 Å². The normalized spacial score (nSPS) is 15.8. The first kappa shape index (κ1) is 20.8. The highest BCUT2D eigenvalue weighted by atomic mass is 16.5. The van der Waals surface area contributed by atoms with Crippen LogP contribution in [0.15, 0.2) is 47.2 Å².